The van der Waals surface area contributed by atoms with Crippen LogP contribution in [-0.2, 0) is 12.8 Å². The largest absolute Gasteiger partial charge is 0.356 e. The Labute approximate surface area is 248 Å². The number of aromatic nitrogens is 3. The highest BCUT2D eigenvalue weighted by atomic mass is 35.5. The number of benzene rings is 2. The predicted octanol–water partition coefficient (Wildman–Crippen LogP) is 5.39. The maximum absolute atomic E-state index is 13.2. The third-order valence-electron chi connectivity index (χ3n) is 8.11. The van der Waals surface area contributed by atoms with Gasteiger partial charge in [0.25, 0.3) is 0 Å². The molecule has 2 aromatic heterocycles. The minimum Gasteiger partial charge on any atom is -0.356 e. The van der Waals surface area contributed by atoms with Crippen molar-refractivity contribution in [3.63, 3.8) is 0 Å². The Balaban J connectivity index is 0.000000182. The SMILES string of the molecule is NC1(Cc2ccc(F)cc2Cl)CCN(c2ncnc3[nH]ccc23)CC1.NC1(Cc2ccc(F)cc2Cl)CCNCC1. The van der Waals surface area contributed by atoms with Gasteiger partial charge in [-0.2, -0.15) is 0 Å². The van der Waals surface area contributed by atoms with Crippen LogP contribution in [0.3, 0.4) is 0 Å². The second-order valence-corrected chi connectivity index (χ2v) is 12.0. The molecule has 6 rings (SSSR count). The highest BCUT2D eigenvalue weighted by Gasteiger charge is 2.32. The van der Waals surface area contributed by atoms with Gasteiger partial charge in [0, 0.05) is 40.4 Å². The van der Waals surface area contributed by atoms with E-state index in [0.717, 1.165) is 79.8 Å². The fraction of sp³-hybridized carbons (Fsp3) is 0.400. The summed E-state index contributed by atoms with van der Waals surface area (Å²) in [5, 5.41) is 5.22. The van der Waals surface area contributed by atoms with Gasteiger partial charge in [0.2, 0.25) is 0 Å². The summed E-state index contributed by atoms with van der Waals surface area (Å²) in [4.78, 5) is 14.0. The van der Waals surface area contributed by atoms with Gasteiger partial charge < -0.3 is 26.7 Å². The number of nitrogens with two attached hydrogens (primary N) is 2. The molecule has 2 fully saturated rings. The van der Waals surface area contributed by atoms with E-state index < -0.39 is 0 Å². The van der Waals surface area contributed by atoms with Gasteiger partial charge in [-0.05, 0) is 93.1 Å². The zero-order valence-electron chi connectivity index (χ0n) is 22.8. The highest BCUT2D eigenvalue weighted by Crippen LogP contribution is 2.31. The highest BCUT2D eigenvalue weighted by molar-refractivity contribution is 6.31. The van der Waals surface area contributed by atoms with Gasteiger partial charge in [-0.3, -0.25) is 0 Å². The maximum atomic E-state index is 13.2. The first-order valence-corrected chi connectivity index (χ1v) is 14.6. The lowest BCUT2D eigenvalue weighted by molar-refractivity contribution is 0.308. The van der Waals surface area contributed by atoms with Gasteiger partial charge in [0.1, 0.15) is 29.4 Å². The number of halogens is 4. The molecule has 0 saturated carbocycles. The van der Waals surface area contributed by atoms with E-state index in [4.69, 9.17) is 34.7 Å². The molecule has 0 unspecified atom stereocenters. The Bertz CT molecular complexity index is 1480. The topological polar surface area (TPSA) is 109 Å². The van der Waals surface area contributed by atoms with Crippen molar-refractivity contribution in [1.82, 2.24) is 20.3 Å². The zero-order chi connectivity index (χ0) is 29.0. The zero-order valence-corrected chi connectivity index (χ0v) is 24.3. The number of aromatic amines is 1. The fourth-order valence-corrected chi connectivity index (χ4v) is 6.11. The normalized spacial score (nSPS) is 18.1. The van der Waals surface area contributed by atoms with E-state index in [-0.39, 0.29) is 22.7 Å². The molecule has 2 saturated heterocycles. The minimum absolute atomic E-state index is 0.202. The number of hydrogen-bond acceptors (Lipinski definition) is 6. The first-order chi connectivity index (χ1) is 19.6. The minimum atomic E-state index is -0.345. The van der Waals surface area contributed by atoms with Crippen molar-refractivity contribution >= 4 is 40.1 Å². The number of hydrogen-bond donors (Lipinski definition) is 4. The Morgan fingerprint density at radius 1 is 0.805 bits per heavy atom. The maximum Gasteiger partial charge on any atom is 0.142 e. The third-order valence-corrected chi connectivity index (χ3v) is 8.81. The van der Waals surface area contributed by atoms with E-state index in [9.17, 15) is 8.78 Å². The van der Waals surface area contributed by atoms with Gasteiger partial charge in [-0.15, -0.1) is 0 Å². The Kier molecular flexibility index (Phi) is 9.11. The van der Waals surface area contributed by atoms with Crippen LogP contribution in [-0.4, -0.2) is 52.2 Å². The molecule has 0 atom stereocenters. The monoisotopic (exact) mass is 601 g/mol. The van der Waals surface area contributed by atoms with E-state index in [2.05, 4.69) is 25.2 Å². The average molecular weight is 603 g/mol. The lowest BCUT2D eigenvalue weighted by Crippen LogP contribution is -2.52. The number of rotatable bonds is 5. The molecule has 0 amide bonds. The van der Waals surface area contributed by atoms with E-state index in [1.807, 2.05) is 12.3 Å². The van der Waals surface area contributed by atoms with Gasteiger partial charge >= 0.3 is 0 Å². The van der Waals surface area contributed by atoms with Crippen LogP contribution in [0.25, 0.3) is 11.0 Å². The smallest absolute Gasteiger partial charge is 0.142 e. The molecular weight excluding hydrogens is 567 g/mol. The van der Waals surface area contributed by atoms with Crippen LogP contribution in [0, 0.1) is 11.6 Å². The number of piperidine rings is 2. The van der Waals surface area contributed by atoms with Crippen LogP contribution >= 0.6 is 23.2 Å². The van der Waals surface area contributed by atoms with Gasteiger partial charge in [0.05, 0.1) is 5.39 Å². The summed E-state index contributed by atoms with van der Waals surface area (Å²) in [6.07, 6.45) is 8.30. The van der Waals surface area contributed by atoms with E-state index in [1.54, 1.807) is 18.5 Å². The summed E-state index contributed by atoms with van der Waals surface area (Å²) >= 11 is 12.2. The average Bonchev–Trinajstić information content (AvgIpc) is 3.43. The van der Waals surface area contributed by atoms with Crippen molar-refractivity contribution in [2.75, 3.05) is 31.1 Å². The summed E-state index contributed by atoms with van der Waals surface area (Å²) in [7, 11) is 0. The molecule has 2 aliphatic rings. The number of anilines is 1. The molecule has 4 heterocycles. The molecule has 7 nitrogen and oxygen atoms in total. The molecule has 0 bridgehead atoms. The molecule has 218 valence electrons. The summed E-state index contributed by atoms with van der Waals surface area (Å²) in [6, 6.07) is 11.0. The van der Waals surface area contributed by atoms with Crippen LogP contribution in [0.4, 0.5) is 14.6 Å². The van der Waals surface area contributed by atoms with Crippen molar-refractivity contribution in [3.8, 4) is 0 Å². The summed E-state index contributed by atoms with van der Waals surface area (Å²) in [5.74, 6) is 0.312. The predicted molar refractivity (Wildman–Crippen MR) is 162 cm³/mol. The second kappa shape index (κ2) is 12.6. The second-order valence-electron chi connectivity index (χ2n) is 11.2. The van der Waals surface area contributed by atoms with Gasteiger partial charge in [-0.25, -0.2) is 18.7 Å². The van der Waals surface area contributed by atoms with Crippen molar-refractivity contribution in [2.45, 2.75) is 49.6 Å². The molecule has 0 radical (unpaired) electrons. The molecule has 0 spiro atoms. The van der Waals surface area contributed by atoms with Crippen molar-refractivity contribution in [1.29, 1.82) is 0 Å². The quantitative estimate of drug-likeness (QED) is 0.244. The fourth-order valence-electron chi connectivity index (χ4n) is 5.64. The molecule has 2 aliphatic heterocycles. The Hall–Kier alpha value is -2.82. The summed E-state index contributed by atoms with van der Waals surface area (Å²) < 4.78 is 26.1. The van der Waals surface area contributed by atoms with Gasteiger partial charge in [-0.1, -0.05) is 35.3 Å². The standard InChI is InChI=1S/C18H19ClFN5.C12H16ClFN2/c19-15-9-13(20)2-1-12(15)10-18(21)4-7-25(8-5-18)17-14-3-6-22-16(14)23-11-24-17;13-11-7-10(14)2-1-9(11)8-12(15)3-5-16-6-4-12/h1-3,6,9,11H,4-5,7-8,10,21H2,(H,22,23,24);1-2,7,16H,3-6,8,15H2. The van der Waals surface area contributed by atoms with E-state index >= 15 is 0 Å². The van der Waals surface area contributed by atoms with E-state index in [1.165, 1.54) is 24.3 Å². The Morgan fingerprint density at radius 3 is 1.93 bits per heavy atom. The summed E-state index contributed by atoms with van der Waals surface area (Å²) in [5.41, 5.74) is 15.0. The number of fused-ring (bicyclic) bond motifs is 1. The van der Waals surface area contributed by atoms with E-state index in [0.29, 0.717) is 22.9 Å². The van der Waals surface area contributed by atoms with Crippen LogP contribution < -0.4 is 21.7 Å². The molecule has 4 aromatic rings. The van der Waals surface area contributed by atoms with Gasteiger partial charge in [0.15, 0.2) is 0 Å². The molecule has 2 aromatic carbocycles. The first-order valence-electron chi connectivity index (χ1n) is 13.8. The third kappa shape index (κ3) is 7.34. The molecule has 41 heavy (non-hydrogen) atoms. The van der Waals surface area contributed by atoms with Crippen LogP contribution in [0.15, 0.2) is 55.0 Å². The Morgan fingerprint density at radius 2 is 1.37 bits per heavy atom. The molecule has 0 aliphatic carbocycles. The first kappa shape index (κ1) is 29.7. The number of H-pyrrole nitrogens is 1. The molecular formula is C30H35Cl2F2N7. The number of nitrogens with one attached hydrogen (secondary N) is 2. The molecule has 11 heteroatoms. The van der Waals surface area contributed by atoms with Crippen LogP contribution in [0.1, 0.15) is 36.8 Å². The van der Waals surface area contributed by atoms with Crippen molar-refractivity contribution < 1.29 is 8.78 Å². The molecule has 6 N–H and O–H groups in total. The lowest BCUT2D eigenvalue weighted by atomic mass is 9.83. The van der Waals surface area contributed by atoms with Crippen molar-refractivity contribution in [2.24, 2.45) is 11.5 Å². The van der Waals surface area contributed by atoms with Crippen molar-refractivity contribution in [3.05, 3.63) is 87.8 Å². The number of nitrogens with zero attached hydrogens (tertiary/aromatic N) is 3. The van der Waals surface area contributed by atoms with Crippen LogP contribution in [0.5, 0.6) is 0 Å². The lowest BCUT2D eigenvalue weighted by Gasteiger charge is -2.40. The summed E-state index contributed by atoms with van der Waals surface area (Å²) in [6.45, 7) is 3.50. The van der Waals surface area contributed by atoms with Crippen LogP contribution in [0.2, 0.25) is 10.0 Å².